The number of rotatable bonds is 1. The van der Waals surface area contributed by atoms with E-state index in [0.717, 1.165) is 5.69 Å². The highest BCUT2D eigenvalue weighted by molar-refractivity contribution is 6.31. The van der Waals surface area contributed by atoms with E-state index in [0.29, 0.717) is 10.6 Å². The Morgan fingerprint density at radius 3 is 2.50 bits per heavy atom. The lowest BCUT2D eigenvalue weighted by Crippen LogP contribution is -2.16. The molecule has 0 saturated carbocycles. The minimum atomic E-state index is -0.919. The van der Waals surface area contributed by atoms with Gasteiger partial charge in [0, 0.05) is 22.5 Å². The Bertz CT molecular complexity index is 291. The van der Waals surface area contributed by atoms with E-state index >= 15 is 0 Å². The molecular weight excluding hydrogens is 174 g/mol. The molecule has 1 aromatic heterocycles. The van der Waals surface area contributed by atoms with Gasteiger partial charge in [-0.2, -0.15) is 0 Å². The van der Waals surface area contributed by atoms with Gasteiger partial charge in [0.05, 0.1) is 5.60 Å². The number of aromatic nitrogens is 1. The van der Waals surface area contributed by atoms with E-state index in [4.69, 9.17) is 11.6 Å². The van der Waals surface area contributed by atoms with Gasteiger partial charge in [-0.25, -0.2) is 0 Å². The quantitative estimate of drug-likeness (QED) is 0.728. The highest BCUT2D eigenvalue weighted by Gasteiger charge is 2.19. The molecule has 0 aliphatic heterocycles. The number of halogens is 1. The van der Waals surface area contributed by atoms with E-state index in [2.05, 4.69) is 4.98 Å². The van der Waals surface area contributed by atoms with Crippen molar-refractivity contribution in [1.29, 1.82) is 0 Å². The Hall–Kier alpha value is -0.600. The Morgan fingerprint density at radius 1 is 1.50 bits per heavy atom. The molecular formula is C9H12ClNO. The lowest BCUT2D eigenvalue weighted by Gasteiger charge is -2.18. The van der Waals surface area contributed by atoms with Crippen molar-refractivity contribution in [3.05, 3.63) is 28.5 Å². The number of hydrogen-bond acceptors (Lipinski definition) is 2. The van der Waals surface area contributed by atoms with Gasteiger partial charge < -0.3 is 5.11 Å². The lowest BCUT2D eigenvalue weighted by atomic mass is 10.0. The van der Waals surface area contributed by atoms with Crippen molar-refractivity contribution < 1.29 is 5.11 Å². The van der Waals surface area contributed by atoms with Crippen molar-refractivity contribution in [2.45, 2.75) is 26.4 Å². The summed E-state index contributed by atoms with van der Waals surface area (Å²) in [5.41, 5.74) is 0.598. The summed E-state index contributed by atoms with van der Waals surface area (Å²) in [6.07, 6.45) is 1.61. The van der Waals surface area contributed by atoms with Crippen LogP contribution in [0.25, 0.3) is 0 Å². The molecule has 1 N–H and O–H groups in total. The minimum Gasteiger partial charge on any atom is -0.386 e. The average Bonchev–Trinajstić information content (AvgIpc) is 1.83. The minimum absolute atomic E-state index is 0.565. The number of aliphatic hydroxyl groups is 1. The van der Waals surface area contributed by atoms with E-state index in [-0.39, 0.29) is 0 Å². The normalized spacial score (nSPS) is 11.8. The van der Waals surface area contributed by atoms with Crippen LogP contribution in [0.4, 0.5) is 0 Å². The summed E-state index contributed by atoms with van der Waals surface area (Å²) >= 11 is 5.91. The largest absolute Gasteiger partial charge is 0.386 e. The first-order valence-electron chi connectivity index (χ1n) is 3.76. The van der Waals surface area contributed by atoms with Gasteiger partial charge in [-0.3, -0.25) is 4.98 Å². The maximum absolute atomic E-state index is 9.64. The SMILES string of the molecule is Cc1cc(Cl)c(C(C)(C)O)cn1. The molecule has 0 radical (unpaired) electrons. The number of hydrogen-bond donors (Lipinski definition) is 1. The second kappa shape index (κ2) is 3.04. The third-order valence-electron chi connectivity index (χ3n) is 1.65. The molecule has 1 heterocycles. The molecule has 2 nitrogen and oxygen atoms in total. The number of aryl methyl sites for hydroxylation is 1. The highest BCUT2D eigenvalue weighted by atomic mass is 35.5. The van der Waals surface area contributed by atoms with Crippen LogP contribution in [0.2, 0.25) is 5.02 Å². The zero-order chi connectivity index (χ0) is 9.35. The lowest BCUT2D eigenvalue weighted by molar-refractivity contribution is 0.0783. The maximum atomic E-state index is 9.64. The first kappa shape index (κ1) is 9.49. The van der Waals surface area contributed by atoms with Crippen LogP contribution in [0, 0.1) is 6.92 Å². The van der Waals surface area contributed by atoms with Gasteiger partial charge in [0.25, 0.3) is 0 Å². The van der Waals surface area contributed by atoms with Gasteiger partial charge in [-0.05, 0) is 26.8 Å². The fraction of sp³-hybridized carbons (Fsp3) is 0.444. The zero-order valence-electron chi connectivity index (χ0n) is 7.43. The van der Waals surface area contributed by atoms with Crippen LogP contribution in [-0.2, 0) is 5.60 Å². The molecule has 0 amide bonds. The van der Waals surface area contributed by atoms with Gasteiger partial charge >= 0.3 is 0 Å². The summed E-state index contributed by atoms with van der Waals surface area (Å²) < 4.78 is 0. The standard InChI is InChI=1S/C9H12ClNO/c1-6-4-8(10)7(5-11-6)9(2,3)12/h4-5,12H,1-3H3. The van der Waals surface area contributed by atoms with Crippen molar-refractivity contribution in [3.63, 3.8) is 0 Å². The van der Waals surface area contributed by atoms with Crippen molar-refractivity contribution in [3.8, 4) is 0 Å². The smallest absolute Gasteiger partial charge is 0.0869 e. The van der Waals surface area contributed by atoms with E-state index < -0.39 is 5.60 Å². The molecule has 0 aromatic carbocycles. The van der Waals surface area contributed by atoms with Crippen LogP contribution in [-0.4, -0.2) is 10.1 Å². The molecule has 0 aliphatic carbocycles. The second-order valence-electron chi connectivity index (χ2n) is 3.36. The van der Waals surface area contributed by atoms with E-state index in [9.17, 15) is 5.11 Å². The third kappa shape index (κ3) is 1.96. The molecule has 3 heteroatoms. The summed E-state index contributed by atoms with van der Waals surface area (Å²) in [5, 5.41) is 10.2. The molecule has 0 saturated heterocycles. The topological polar surface area (TPSA) is 33.1 Å². The van der Waals surface area contributed by atoms with Crippen LogP contribution < -0.4 is 0 Å². The monoisotopic (exact) mass is 185 g/mol. The number of pyridine rings is 1. The molecule has 0 fully saturated rings. The summed E-state index contributed by atoms with van der Waals surface area (Å²) in [5.74, 6) is 0. The molecule has 12 heavy (non-hydrogen) atoms. The van der Waals surface area contributed by atoms with Gasteiger partial charge in [-0.15, -0.1) is 0 Å². The van der Waals surface area contributed by atoms with Crippen LogP contribution in [0.15, 0.2) is 12.3 Å². The van der Waals surface area contributed by atoms with Crippen LogP contribution in [0.5, 0.6) is 0 Å². The van der Waals surface area contributed by atoms with Crippen molar-refractivity contribution >= 4 is 11.6 Å². The van der Waals surface area contributed by atoms with Crippen LogP contribution in [0.3, 0.4) is 0 Å². The molecule has 0 bridgehead atoms. The van der Waals surface area contributed by atoms with Gasteiger partial charge in [0.1, 0.15) is 0 Å². The summed E-state index contributed by atoms with van der Waals surface area (Å²) in [4.78, 5) is 4.06. The molecule has 66 valence electrons. The van der Waals surface area contributed by atoms with Crippen molar-refractivity contribution in [2.24, 2.45) is 0 Å². The molecule has 0 unspecified atom stereocenters. The fourth-order valence-corrected chi connectivity index (χ4v) is 1.41. The predicted octanol–water partition coefficient (Wildman–Crippen LogP) is 2.27. The Labute approximate surface area is 77.2 Å². The Kier molecular flexibility index (Phi) is 2.40. The predicted molar refractivity (Wildman–Crippen MR) is 49.2 cm³/mol. The second-order valence-corrected chi connectivity index (χ2v) is 3.77. The molecule has 1 aromatic rings. The van der Waals surface area contributed by atoms with Gasteiger partial charge in [-0.1, -0.05) is 11.6 Å². The third-order valence-corrected chi connectivity index (χ3v) is 1.96. The average molecular weight is 186 g/mol. The van der Waals surface area contributed by atoms with E-state index in [1.807, 2.05) is 6.92 Å². The van der Waals surface area contributed by atoms with Crippen molar-refractivity contribution in [2.75, 3.05) is 0 Å². The Morgan fingerprint density at radius 2 is 2.08 bits per heavy atom. The summed E-state index contributed by atoms with van der Waals surface area (Å²) in [7, 11) is 0. The summed E-state index contributed by atoms with van der Waals surface area (Å²) in [6.45, 7) is 5.23. The van der Waals surface area contributed by atoms with E-state index in [1.165, 1.54) is 0 Å². The Balaban J connectivity index is 3.19. The summed E-state index contributed by atoms with van der Waals surface area (Å²) in [6, 6.07) is 1.74. The first-order chi connectivity index (χ1) is 5.41. The number of nitrogens with zero attached hydrogens (tertiary/aromatic N) is 1. The first-order valence-corrected chi connectivity index (χ1v) is 4.14. The molecule has 0 atom stereocenters. The maximum Gasteiger partial charge on any atom is 0.0869 e. The fourth-order valence-electron chi connectivity index (χ4n) is 0.977. The van der Waals surface area contributed by atoms with Crippen LogP contribution >= 0.6 is 11.6 Å². The van der Waals surface area contributed by atoms with Gasteiger partial charge in [0.2, 0.25) is 0 Å². The molecule has 1 rings (SSSR count). The zero-order valence-corrected chi connectivity index (χ0v) is 8.18. The van der Waals surface area contributed by atoms with Crippen molar-refractivity contribution in [1.82, 2.24) is 4.98 Å². The van der Waals surface area contributed by atoms with Crippen LogP contribution in [0.1, 0.15) is 25.1 Å². The van der Waals surface area contributed by atoms with E-state index in [1.54, 1.807) is 26.1 Å². The highest BCUT2D eigenvalue weighted by Crippen LogP contribution is 2.26. The molecule has 0 aliphatic rings. The van der Waals surface area contributed by atoms with Gasteiger partial charge in [0.15, 0.2) is 0 Å². The molecule has 0 spiro atoms.